The summed E-state index contributed by atoms with van der Waals surface area (Å²) in [5.74, 6) is -0.743. The minimum absolute atomic E-state index is 0.221. The molecule has 0 spiro atoms. The number of benzene rings is 2. The molecule has 3 aromatic rings. The Hall–Kier alpha value is -1.92. The summed E-state index contributed by atoms with van der Waals surface area (Å²) in [6, 6.07) is 15.3. The van der Waals surface area contributed by atoms with Crippen LogP contribution in [-0.4, -0.2) is 15.6 Å². The number of hydrogen-bond acceptors (Lipinski definition) is 1. The third-order valence-corrected chi connectivity index (χ3v) is 5.20. The van der Waals surface area contributed by atoms with Crippen molar-refractivity contribution in [1.29, 1.82) is 0 Å². The van der Waals surface area contributed by atoms with Crippen LogP contribution in [0.25, 0.3) is 11.4 Å². The zero-order valence-corrected chi connectivity index (χ0v) is 17.0. The highest BCUT2D eigenvalue weighted by Gasteiger charge is 2.34. The molecular formula is C19H17Br2N2O2+. The van der Waals surface area contributed by atoms with Crippen molar-refractivity contribution in [2.45, 2.75) is 20.3 Å². The van der Waals surface area contributed by atoms with Gasteiger partial charge in [-0.2, -0.15) is 9.13 Å². The first kappa shape index (κ1) is 17.9. The van der Waals surface area contributed by atoms with Gasteiger partial charge in [0.25, 0.3) is 0 Å². The van der Waals surface area contributed by atoms with Crippen LogP contribution >= 0.6 is 31.9 Å². The third-order valence-electron chi connectivity index (χ3n) is 4.14. The molecule has 0 bridgehead atoms. The average molecular weight is 465 g/mol. The fraction of sp³-hybridized carbons (Fsp3) is 0.158. The van der Waals surface area contributed by atoms with Crippen LogP contribution in [0.3, 0.4) is 0 Å². The molecule has 4 nitrogen and oxygen atoms in total. The molecule has 0 unspecified atom stereocenters. The second-order valence-electron chi connectivity index (χ2n) is 5.64. The number of carboxylic acid groups (broad SMARTS) is 1. The predicted molar refractivity (Wildman–Crippen MR) is 104 cm³/mol. The predicted octanol–water partition coefficient (Wildman–Crippen LogP) is 4.85. The molecule has 0 radical (unpaired) electrons. The maximum absolute atomic E-state index is 12.1. The fourth-order valence-corrected chi connectivity index (χ4v) is 3.59. The smallest absolute Gasteiger partial charge is 0.420 e. The van der Waals surface area contributed by atoms with E-state index >= 15 is 0 Å². The lowest BCUT2D eigenvalue weighted by Crippen LogP contribution is -2.40. The summed E-state index contributed by atoms with van der Waals surface area (Å²) in [5, 5.41) is 9.95. The molecule has 0 fully saturated rings. The van der Waals surface area contributed by atoms with E-state index in [1.807, 2.05) is 66.9 Å². The first-order valence-electron chi connectivity index (χ1n) is 7.85. The molecule has 1 aromatic heterocycles. The van der Waals surface area contributed by atoms with Crippen LogP contribution in [0.2, 0.25) is 0 Å². The molecule has 6 heteroatoms. The Morgan fingerprint density at radius 3 is 2.04 bits per heavy atom. The summed E-state index contributed by atoms with van der Waals surface area (Å²) in [5.41, 5.74) is 3.55. The number of aromatic nitrogens is 2. The van der Waals surface area contributed by atoms with Gasteiger partial charge in [0.15, 0.2) is 5.69 Å². The molecule has 0 aliphatic rings. The SMILES string of the molecule is CCc1c(C)n(-c2ccc(Br)cc2)c(C(=O)O)[n+]1-c1ccc(Br)cc1. The minimum atomic E-state index is -0.964. The second-order valence-corrected chi connectivity index (χ2v) is 7.47. The summed E-state index contributed by atoms with van der Waals surface area (Å²) in [6.07, 6.45) is 0.728. The van der Waals surface area contributed by atoms with Crippen molar-refractivity contribution in [3.8, 4) is 11.4 Å². The van der Waals surface area contributed by atoms with Gasteiger partial charge >= 0.3 is 11.8 Å². The van der Waals surface area contributed by atoms with E-state index in [0.717, 1.165) is 38.1 Å². The highest BCUT2D eigenvalue weighted by molar-refractivity contribution is 9.10. The monoisotopic (exact) mass is 463 g/mol. The first-order valence-corrected chi connectivity index (χ1v) is 9.44. The summed E-state index contributed by atoms with van der Waals surface area (Å²) >= 11 is 6.85. The highest BCUT2D eigenvalue weighted by atomic mass is 79.9. The van der Waals surface area contributed by atoms with Gasteiger partial charge in [0, 0.05) is 22.3 Å². The van der Waals surface area contributed by atoms with Crippen LogP contribution in [0.1, 0.15) is 28.9 Å². The molecule has 0 aliphatic carbocycles. The lowest BCUT2D eigenvalue weighted by atomic mass is 10.2. The van der Waals surface area contributed by atoms with E-state index < -0.39 is 5.97 Å². The number of imidazole rings is 1. The van der Waals surface area contributed by atoms with Crippen molar-refractivity contribution in [3.63, 3.8) is 0 Å². The fourth-order valence-electron chi connectivity index (χ4n) is 3.06. The van der Waals surface area contributed by atoms with E-state index in [0.29, 0.717) is 0 Å². The van der Waals surface area contributed by atoms with Crippen molar-refractivity contribution < 1.29 is 14.5 Å². The number of aromatic carboxylic acids is 1. The normalized spacial score (nSPS) is 10.9. The minimum Gasteiger partial charge on any atom is -0.472 e. The van der Waals surface area contributed by atoms with E-state index in [9.17, 15) is 9.90 Å². The van der Waals surface area contributed by atoms with Gasteiger partial charge in [-0.3, -0.25) is 0 Å². The molecule has 0 saturated heterocycles. The Labute approximate surface area is 163 Å². The number of hydrogen-bond donors (Lipinski definition) is 1. The van der Waals surface area contributed by atoms with Gasteiger partial charge in [-0.15, -0.1) is 0 Å². The van der Waals surface area contributed by atoms with Crippen LogP contribution in [-0.2, 0) is 6.42 Å². The number of carbonyl (C=O) groups is 1. The molecule has 0 atom stereocenters. The van der Waals surface area contributed by atoms with Crippen LogP contribution in [0.5, 0.6) is 0 Å². The average Bonchev–Trinajstić information content (AvgIpc) is 2.89. The van der Waals surface area contributed by atoms with Gasteiger partial charge < -0.3 is 5.11 Å². The zero-order chi connectivity index (χ0) is 18.1. The van der Waals surface area contributed by atoms with Crippen LogP contribution in [0.15, 0.2) is 57.5 Å². The van der Waals surface area contributed by atoms with Gasteiger partial charge in [0.05, 0.1) is 0 Å². The summed E-state index contributed by atoms with van der Waals surface area (Å²) in [4.78, 5) is 12.1. The summed E-state index contributed by atoms with van der Waals surface area (Å²) in [7, 11) is 0. The molecule has 1 N–H and O–H groups in total. The van der Waals surface area contributed by atoms with E-state index in [1.54, 1.807) is 4.57 Å². The maximum atomic E-state index is 12.1. The Bertz CT molecular complexity index is 930. The standard InChI is InChI=1S/C19H16Br2N2O2/c1-3-17-12(2)22(15-8-4-13(20)5-9-15)18(19(24)25)23(17)16-10-6-14(21)7-11-16/h4-11H,3H2,1-2H3/p+1. The van der Waals surface area contributed by atoms with Gasteiger partial charge in [0.2, 0.25) is 0 Å². The number of nitrogens with zero attached hydrogens (tertiary/aromatic N) is 2. The largest absolute Gasteiger partial charge is 0.472 e. The van der Waals surface area contributed by atoms with Crippen molar-refractivity contribution in [2.75, 3.05) is 0 Å². The lowest BCUT2D eigenvalue weighted by molar-refractivity contribution is -0.606. The van der Waals surface area contributed by atoms with E-state index in [1.165, 1.54) is 0 Å². The molecule has 0 amide bonds. The lowest BCUT2D eigenvalue weighted by Gasteiger charge is -2.03. The van der Waals surface area contributed by atoms with Crippen molar-refractivity contribution in [2.24, 2.45) is 0 Å². The zero-order valence-electron chi connectivity index (χ0n) is 13.8. The van der Waals surface area contributed by atoms with Crippen LogP contribution < -0.4 is 4.57 Å². The Morgan fingerprint density at radius 2 is 1.56 bits per heavy atom. The molecular weight excluding hydrogens is 448 g/mol. The number of rotatable bonds is 4. The quantitative estimate of drug-likeness (QED) is 0.561. The molecule has 3 rings (SSSR count). The van der Waals surface area contributed by atoms with Crippen molar-refractivity contribution >= 4 is 37.8 Å². The molecule has 2 aromatic carbocycles. The molecule has 25 heavy (non-hydrogen) atoms. The van der Waals surface area contributed by atoms with Crippen molar-refractivity contribution in [1.82, 2.24) is 4.57 Å². The summed E-state index contributed by atoms with van der Waals surface area (Å²) < 4.78 is 5.53. The molecule has 128 valence electrons. The molecule has 0 saturated carbocycles. The first-order chi connectivity index (χ1) is 11.9. The number of carboxylic acids is 1. The van der Waals surface area contributed by atoms with Gasteiger partial charge in [-0.25, -0.2) is 4.79 Å². The van der Waals surface area contributed by atoms with E-state index in [-0.39, 0.29) is 5.82 Å². The second kappa shape index (κ2) is 7.14. The maximum Gasteiger partial charge on any atom is 0.420 e. The summed E-state index contributed by atoms with van der Waals surface area (Å²) in [6.45, 7) is 4.00. The van der Waals surface area contributed by atoms with Gasteiger partial charge in [0.1, 0.15) is 17.1 Å². The topological polar surface area (TPSA) is 46.1 Å². The Balaban J connectivity index is 2.35. The Morgan fingerprint density at radius 1 is 1.04 bits per heavy atom. The van der Waals surface area contributed by atoms with Crippen molar-refractivity contribution in [3.05, 3.63) is 74.7 Å². The third kappa shape index (κ3) is 3.28. The van der Waals surface area contributed by atoms with E-state index in [4.69, 9.17) is 0 Å². The van der Waals surface area contributed by atoms with Gasteiger partial charge in [-0.05, 0) is 48.5 Å². The van der Waals surface area contributed by atoms with Crippen LogP contribution in [0.4, 0.5) is 0 Å². The number of halogens is 2. The molecule has 1 heterocycles. The van der Waals surface area contributed by atoms with Gasteiger partial charge in [-0.1, -0.05) is 38.8 Å². The Kier molecular flexibility index (Phi) is 5.11. The molecule has 0 aliphatic heterocycles. The van der Waals surface area contributed by atoms with E-state index in [2.05, 4.69) is 31.9 Å². The van der Waals surface area contributed by atoms with Crippen LogP contribution in [0, 0.1) is 6.92 Å². The highest BCUT2D eigenvalue weighted by Crippen LogP contribution is 2.22.